The van der Waals surface area contributed by atoms with Gasteiger partial charge in [-0.3, -0.25) is 14.7 Å². The molecule has 0 amide bonds. The van der Waals surface area contributed by atoms with Crippen LogP contribution in [0.3, 0.4) is 0 Å². The van der Waals surface area contributed by atoms with E-state index < -0.39 is 5.92 Å². The Bertz CT molecular complexity index is 1100. The fourth-order valence-electron chi connectivity index (χ4n) is 4.13. The summed E-state index contributed by atoms with van der Waals surface area (Å²) >= 11 is 7.81. The lowest BCUT2D eigenvalue weighted by atomic mass is 9.95. The molecule has 1 aliphatic heterocycles. The lowest BCUT2D eigenvalue weighted by Crippen LogP contribution is -2.41. The third-order valence-electron chi connectivity index (χ3n) is 5.84. The Labute approximate surface area is 194 Å². The van der Waals surface area contributed by atoms with Gasteiger partial charge in [0.25, 0.3) is 5.92 Å². The second-order valence-electron chi connectivity index (χ2n) is 7.87. The number of nitrogens with zero attached hydrogens (tertiary/aromatic N) is 4. The Morgan fingerprint density at radius 2 is 1.91 bits per heavy atom. The zero-order valence-electron chi connectivity index (χ0n) is 17.6. The molecule has 32 heavy (non-hydrogen) atoms. The number of likely N-dealkylation sites (tertiary alicyclic amines) is 1. The molecule has 0 aliphatic carbocycles. The summed E-state index contributed by atoms with van der Waals surface area (Å²) in [5, 5.41) is 1.74. The molecule has 0 bridgehead atoms. The summed E-state index contributed by atoms with van der Waals surface area (Å²) in [4.78, 5) is 28.2. The number of carbonyl (C=O) groups is 1. The molecule has 4 rings (SSSR count). The number of fused-ring (bicyclic) bond motifs is 1. The smallest absolute Gasteiger partial charge is 0.250 e. The molecule has 168 valence electrons. The molecule has 1 unspecified atom stereocenters. The number of alkyl halides is 2. The number of carbonyl (C=O) groups excluding carboxylic acids is 1. The molecule has 1 aromatic carbocycles. The lowest BCUT2D eigenvalue weighted by molar-refractivity contribution is -0.0641. The molecule has 3 aromatic rings. The molecule has 2 aromatic heterocycles. The Morgan fingerprint density at radius 3 is 2.59 bits per heavy atom. The van der Waals surface area contributed by atoms with Crippen molar-refractivity contribution in [1.82, 2.24) is 19.9 Å². The van der Waals surface area contributed by atoms with Crippen LogP contribution in [0.15, 0.2) is 48.0 Å². The van der Waals surface area contributed by atoms with Gasteiger partial charge < -0.3 is 0 Å². The average Bonchev–Trinajstić information content (AvgIpc) is 2.80. The summed E-state index contributed by atoms with van der Waals surface area (Å²) in [5.74, 6) is -2.73. The van der Waals surface area contributed by atoms with Gasteiger partial charge in [0.15, 0.2) is 10.9 Å². The second kappa shape index (κ2) is 9.77. The van der Waals surface area contributed by atoms with Crippen molar-refractivity contribution < 1.29 is 13.6 Å². The highest BCUT2D eigenvalue weighted by molar-refractivity contribution is 7.98. The molecule has 9 heteroatoms. The van der Waals surface area contributed by atoms with Crippen LogP contribution >= 0.6 is 23.4 Å². The number of ketones is 1. The van der Waals surface area contributed by atoms with E-state index in [2.05, 4.69) is 15.0 Å². The third kappa shape index (κ3) is 5.08. The molecule has 1 fully saturated rings. The largest absolute Gasteiger partial charge is 0.296 e. The van der Waals surface area contributed by atoms with Gasteiger partial charge in [0, 0.05) is 73.5 Å². The van der Waals surface area contributed by atoms with Gasteiger partial charge in [0.05, 0.1) is 10.5 Å². The number of benzene rings is 1. The highest BCUT2D eigenvalue weighted by Crippen LogP contribution is 2.35. The predicted molar refractivity (Wildman–Crippen MR) is 123 cm³/mol. The van der Waals surface area contributed by atoms with Crippen molar-refractivity contribution in [1.29, 1.82) is 0 Å². The van der Waals surface area contributed by atoms with Crippen LogP contribution in [-0.2, 0) is 0 Å². The first-order chi connectivity index (χ1) is 15.4. The number of aromatic nitrogens is 3. The third-order valence-corrected chi connectivity index (χ3v) is 6.73. The van der Waals surface area contributed by atoms with E-state index in [1.54, 1.807) is 36.8 Å². The maximum atomic E-state index is 13.7. The van der Waals surface area contributed by atoms with Crippen LogP contribution in [-0.4, -0.2) is 50.9 Å². The normalized spacial score (nSPS) is 17.4. The maximum Gasteiger partial charge on any atom is 0.250 e. The van der Waals surface area contributed by atoms with E-state index in [1.165, 1.54) is 11.8 Å². The molecule has 0 saturated carbocycles. The molecule has 1 aliphatic rings. The van der Waals surface area contributed by atoms with Crippen LogP contribution in [0.1, 0.15) is 47.6 Å². The number of thioether (sulfide) groups is 1. The molecule has 3 heterocycles. The van der Waals surface area contributed by atoms with Gasteiger partial charge in [0.2, 0.25) is 0 Å². The highest BCUT2D eigenvalue weighted by Gasteiger charge is 2.37. The minimum Gasteiger partial charge on any atom is -0.296 e. The fraction of sp³-hybridized carbons (Fsp3) is 0.391. The number of halogens is 3. The van der Waals surface area contributed by atoms with Crippen LogP contribution in [0.2, 0.25) is 5.02 Å². The molecule has 0 spiro atoms. The van der Waals surface area contributed by atoms with E-state index >= 15 is 0 Å². The first-order valence-electron chi connectivity index (χ1n) is 10.4. The Morgan fingerprint density at radius 1 is 1.19 bits per heavy atom. The van der Waals surface area contributed by atoms with Crippen molar-refractivity contribution in [3.8, 4) is 0 Å². The van der Waals surface area contributed by atoms with Gasteiger partial charge in [-0.05, 0) is 30.9 Å². The first kappa shape index (κ1) is 23.0. The zero-order valence-corrected chi connectivity index (χ0v) is 19.2. The number of pyridine rings is 1. The lowest BCUT2D eigenvalue weighted by Gasteiger charge is -2.37. The summed E-state index contributed by atoms with van der Waals surface area (Å²) in [6.07, 6.45) is 7.32. The van der Waals surface area contributed by atoms with Crippen molar-refractivity contribution in [2.75, 3.05) is 19.3 Å². The second-order valence-corrected chi connectivity index (χ2v) is 9.05. The van der Waals surface area contributed by atoms with E-state index in [9.17, 15) is 13.6 Å². The van der Waals surface area contributed by atoms with Crippen LogP contribution in [0.25, 0.3) is 10.9 Å². The SMILES string of the molecule is CSc1ncc(C(CCC(=O)c2c(Cl)ccc3ncccc23)N2CCC(F)(F)CC2)cn1. The van der Waals surface area contributed by atoms with E-state index in [0.29, 0.717) is 33.1 Å². The van der Waals surface area contributed by atoms with Crippen LogP contribution in [0.5, 0.6) is 0 Å². The topological polar surface area (TPSA) is 59.0 Å². The van der Waals surface area contributed by atoms with Crippen LogP contribution in [0, 0.1) is 0 Å². The van der Waals surface area contributed by atoms with Gasteiger partial charge in [-0.15, -0.1) is 0 Å². The molecule has 0 radical (unpaired) electrons. The minimum atomic E-state index is -2.64. The van der Waals surface area contributed by atoms with Gasteiger partial charge >= 0.3 is 0 Å². The molecular weight excluding hydrogens is 454 g/mol. The highest BCUT2D eigenvalue weighted by atomic mass is 35.5. The molecule has 1 atom stereocenters. The van der Waals surface area contributed by atoms with E-state index in [4.69, 9.17) is 11.6 Å². The number of hydrogen-bond donors (Lipinski definition) is 0. The molecular formula is C23H23ClF2N4OS. The maximum absolute atomic E-state index is 13.7. The van der Waals surface area contributed by atoms with Gasteiger partial charge in [-0.25, -0.2) is 18.7 Å². The van der Waals surface area contributed by atoms with Crippen molar-refractivity contribution in [2.45, 2.75) is 42.8 Å². The monoisotopic (exact) mass is 476 g/mol. The zero-order chi connectivity index (χ0) is 22.7. The first-order valence-corrected chi connectivity index (χ1v) is 12.0. The predicted octanol–water partition coefficient (Wildman–Crippen LogP) is 5.84. The molecule has 1 saturated heterocycles. The van der Waals surface area contributed by atoms with Gasteiger partial charge in [0.1, 0.15) is 0 Å². The molecule has 0 N–H and O–H groups in total. The van der Waals surface area contributed by atoms with E-state index in [1.807, 2.05) is 17.2 Å². The van der Waals surface area contributed by atoms with E-state index in [-0.39, 0.29) is 44.2 Å². The minimum absolute atomic E-state index is 0.0948. The summed E-state index contributed by atoms with van der Waals surface area (Å²) in [5.41, 5.74) is 1.98. The summed E-state index contributed by atoms with van der Waals surface area (Å²) in [6.45, 7) is 0.518. The fourth-order valence-corrected chi connectivity index (χ4v) is 4.71. The van der Waals surface area contributed by atoms with Crippen molar-refractivity contribution in [2.24, 2.45) is 0 Å². The average molecular weight is 477 g/mol. The van der Waals surface area contributed by atoms with E-state index in [0.717, 1.165) is 5.56 Å². The number of piperidine rings is 1. The van der Waals surface area contributed by atoms with Gasteiger partial charge in [-0.1, -0.05) is 29.4 Å². The standard InChI is InChI=1S/C23H23ClF2N4OS/c1-32-22-28-13-15(14-29-22)19(30-11-8-23(25,26)9-12-30)6-7-20(31)21-16-3-2-10-27-18(16)5-4-17(21)24/h2-5,10,13-14,19H,6-9,11-12H2,1H3. The number of Topliss-reactive ketones (excluding diaryl/α,β-unsaturated/α-hetero) is 1. The summed E-state index contributed by atoms with van der Waals surface area (Å²) in [6, 6.07) is 6.86. The Hall–Kier alpha value is -2.16. The Kier molecular flexibility index (Phi) is 7.02. The number of hydrogen-bond acceptors (Lipinski definition) is 6. The van der Waals surface area contributed by atoms with Crippen molar-refractivity contribution in [3.05, 3.63) is 59.0 Å². The van der Waals surface area contributed by atoms with Gasteiger partial charge in [-0.2, -0.15) is 0 Å². The quantitative estimate of drug-likeness (QED) is 0.243. The number of rotatable bonds is 7. The Balaban J connectivity index is 1.57. The van der Waals surface area contributed by atoms with Crippen LogP contribution < -0.4 is 0 Å². The van der Waals surface area contributed by atoms with Crippen molar-refractivity contribution >= 4 is 40.0 Å². The molecule has 5 nitrogen and oxygen atoms in total. The summed E-state index contributed by atoms with van der Waals surface area (Å²) < 4.78 is 27.5. The van der Waals surface area contributed by atoms with Crippen LogP contribution in [0.4, 0.5) is 8.78 Å². The summed E-state index contributed by atoms with van der Waals surface area (Å²) in [7, 11) is 0. The van der Waals surface area contributed by atoms with Crippen molar-refractivity contribution in [3.63, 3.8) is 0 Å².